The van der Waals surface area contributed by atoms with Gasteiger partial charge in [0.15, 0.2) is 0 Å². The van der Waals surface area contributed by atoms with Crippen LogP contribution in [0.3, 0.4) is 0 Å². The zero-order valence-electron chi connectivity index (χ0n) is 11.8. The molecule has 1 fully saturated rings. The van der Waals surface area contributed by atoms with E-state index in [0.29, 0.717) is 0 Å². The standard InChI is InChI=1S/C12H19N3O5/c1-8(2)4-14(7-11(18)19)9(16)6-15-10(17)5-13(3)12(15)20/h8H,4-7H2,1-3H3,(H,18,19). The summed E-state index contributed by atoms with van der Waals surface area (Å²) in [5, 5.41) is 8.80. The SMILES string of the molecule is CC(C)CN(CC(=O)O)C(=O)CN1C(=O)CN(C)C1=O. The Balaban J connectivity index is 2.72. The number of carbonyl (C=O) groups is 4. The highest BCUT2D eigenvalue weighted by atomic mass is 16.4. The monoisotopic (exact) mass is 285 g/mol. The Morgan fingerprint density at radius 2 is 1.95 bits per heavy atom. The van der Waals surface area contributed by atoms with E-state index in [1.807, 2.05) is 13.8 Å². The van der Waals surface area contributed by atoms with Crippen LogP contribution in [0.2, 0.25) is 0 Å². The van der Waals surface area contributed by atoms with Gasteiger partial charge in [0, 0.05) is 13.6 Å². The number of carbonyl (C=O) groups excluding carboxylic acids is 3. The van der Waals surface area contributed by atoms with Gasteiger partial charge in [0.2, 0.25) is 5.91 Å². The smallest absolute Gasteiger partial charge is 0.327 e. The molecule has 1 aliphatic heterocycles. The molecule has 0 unspecified atom stereocenters. The molecular weight excluding hydrogens is 266 g/mol. The van der Waals surface area contributed by atoms with Crippen molar-refractivity contribution in [3.8, 4) is 0 Å². The molecule has 1 saturated heterocycles. The lowest BCUT2D eigenvalue weighted by Gasteiger charge is -2.24. The summed E-state index contributed by atoms with van der Waals surface area (Å²) in [5.41, 5.74) is 0. The first-order chi connectivity index (χ1) is 9.22. The second kappa shape index (κ2) is 6.36. The number of amides is 4. The molecule has 0 saturated carbocycles. The topological polar surface area (TPSA) is 98.2 Å². The Morgan fingerprint density at radius 1 is 1.35 bits per heavy atom. The number of hydrogen-bond acceptors (Lipinski definition) is 4. The first-order valence-corrected chi connectivity index (χ1v) is 6.27. The number of likely N-dealkylation sites (N-methyl/N-ethyl adjacent to an activating group) is 1. The molecule has 1 rings (SSSR count). The Labute approximate surface area is 116 Å². The van der Waals surface area contributed by atoms with Gasteiger partial charge in [0.25, 0.3) is 5.91 Å². The van der Waals surface area contributed by atoms with Crippen LogP contribution in [0.5, 0.6) is 0 Å². The number of imide groups is 1. The third-order valence-corrected chi connectivity index (χ3v) is 2.79. The molecule has 8 nitrogen and oxygen atoms in total. The van der Waals surface area contributed by atoms with Crippen molar-refractivity contribution in [2.24, 2.45) is 5.92 Å². The number of rotatable bonds is 6. The maximum atomic E-state index is 12.1. The molecule has 4 amide bonds. The average Bonchev–Trinajstić information content (AvgIpc) is 2.54. The van der Waals surface area contributed by atoms with E-state index in [4.69, 9.17) is 5.11 Å². The van der Waals surface area contributed by atoms with Crippen molar-refractivity contribution in [3.63, 3.8) is 0 Å². The molecule has 0 bridgehead atoms. The van der Waals surface area contributed by atoms with E-state index in [-0.39, 0.29) is 19.0 Å². The van der Waals surface area contributed by atoms with Crippen LogP contribution in [-0.2, 0) is 14.4 Å². The first kappa shape index (κ1) is 15.9. The Bertz CT molecular complexity index is 435. The average molecular weight is 285 g/mol. The van der Waals surface area contributed by atoms with Gasteiger partial charge in [-0.25, -0.2) is 4.79 Å². The number of carboxylic acid groups (broad SMARTS) is 1. The van der Waals surface area contributed by atoms with Crippen molar-refractivity contribution in [3.05, 3.63) is 0 Å². The zero-order chi connectivity index (χ0) is 15.4. The minimum Gasteiger partial charge on any atom is -0.480 e. The third-order valence-electron chi connectivity index (χ3n) is 2.79. The molecule has 0 spiro atoms. The summed E-state index contributed by atoms with van der Waals surface area (Å²) >= 11 is 0. The van der Waals surface area contributed by atoms with E-state index in [2.05, 4.69) is 0 Å². The van der Waals surface area contributed by atoms with Gasteiger partial charge in [-0.3, -0.25) is 19.3 Å². The van der Waals surface area contributed by atoms with Crippen molar-refractivity contribution < 1.29 is 24.3 Å². The van der Waals surface area contributed by atoms with Crippen molar-refractivity contribution in [2.45, 2.75) is 13.8 Å². The quantitative estimate of drug-likeness (QED) is 0.660. The van der Waals surface area contributed by atoms with Crippen LogP contribution in [0.1, 0.15) is 13.8 Å². The van der Waals surface area contributed by atoms with Crippen LogP contribution < -0.4 is 0 Å². The van der Waals surface area contributed by atoms with Gasteiger partial charge in [-0.05, 0) is 5.92 Å². The summed E-state index contributed by atoms with van der Waals surface area (Å²) in [6.07, 6.45) is 0. The highest BCUT2D eigenvalue weighted by Gasteiger charge is 2.35. The molecule has 0 aromatic carbocycles. The Hall–Kier alpha value is -2.12. The van der Waals surface area contributed by atoms with Crippen LogP contribution in [0, 0.1) is 5.92 Å². The van der Waals surface area contributed by atoms with Gasteiger partial charge in [-0.2, -0.15) is 0 Å². The summed E-state index contributed by atoms with van der Waals surface area (Å²) in [5.74, 6) is -2.04. The molecular formula is C12H19N3O5. The molecule has 0 radical (unpaired) electrons. The fourth-order valence-corrected chi connectivity index (χ4v) is 1.92. The molecule has 0 aromatic heterocycles. The van der Waals surface area contributed by atoms with Gasteiger partial charge in [0.05, 0.1) is 0 Å². The normalized spacial score (nSPS) is 15.2. The van der Waals surface area contributed by atoms with Crippen molar-refractivity contribution in [2.75, 3.05) is 33.2 Å². The van der Waals surface area contributed by atoms with Gasteiger partial charge in [-0.1, -0.05) is 13.8 Å². The molecule has 1 N–H and O–H groups in total. The fraction of sp³-hybridized carbons (Fsp3) is 0.667. The van der Waals surface area contributed by atoms with Gasteiger partial charge >= 0.3 is 12.0 Å². The second-order valence-corrected chi connectivity index (χ2v) is 5.18. The van der Waals surface area contributed by atoms with E-state index < -0.39 is 36.9 Å². The van der Waals surface area contributed by atoms with Crippen molar-refractivity contribution >= 4 is 23.8 Å². The lowest BCUT2D eigenvalue weighted by Crippen LogP contribution is -2.46. The Morgan fingerprint density at radius 3 is 2.35 bits per heavy atom. The first-order valence-electron chi connectivity index (χ1n) is 6.27. The summed E-state index contributed by atoms with van der Waals surface area (Å²) < 4.78 is 0. The highest BCUT2D eigenvalue weighted by Crippen LogP contribution is 2.09. The molecule has 1 aliphatic rings. The van der Waals surface area contributed by atoms with E-state index >= 15 is 0 Å². The minimum absolute atomic E-state index is 0.0603. The van der Waals surface area contributed by atoms with Crippen LogP contribution in [0.15, 0.2) is 0 Å². The van der Waals surface area contributed by atoms with Crippen LogP contribution in [0.25, 0.3) is 0 Å². The fourth-order valence-electron chi connectivity index (χ4n) is 1.92. The summed E-state index contributed by atoms with van der Waals surface area (Å²) in [6.45, 7) is 3.04. The number of nitrogens with zero attached hydrogens (tertiary/aromatic N) is 3. The summed E-state index contributed by atoms with van der Waals surface area (Å²) in [7, 11) is 1.47. The zero-order valence-corrected chi connectivity index (χ0v) is 11.8. The number of carboxylic acids is 1. The molecule has 0 aromatic rings. The molecule has 20 heavy (non-hydrogen) atoms. The van der Waals surface area contributed by atoms with E-state index in [9.17, 15) is 19.2 Å². The largest absolute Gasteiger partial charge is 0.480 e. The predicted molar refractivity (Wildman–Crippen MR) is 68.8 cm³/mol. The van der Waals surface area contributed by atoms with E-state index in [0.717, 1.165) is 9.80 Å². The lowest BCUT2D eigenvalue weighted by molar-refractivity contribution is -0.145. The maximum Gasteiger partial charge on any atom is 0.327 e. The molecule has 112 valence electrons. The molecule has 0 aliphatic carbocycles. The Kier molecular flexibility index (Phi) is 5.06. The molecule has 8 heteroatoms. The predicted octanol–water partition coefficient (Wildman–Crippen LogP) is -0.550. The van der Waals surface area contributed by atoms with E-state index in [1.165, 1.54) is 11.9 Å². The van der Waals surface area contributed by atoms with Gasteiger partial charge in [-0.15, -0.1) is 0 Å². The molecule has 1 heterocycles. The van der Waals surface area contributed by atoms with Gasteiger partial charge < -0.3 is 14.9 Å². The number of urea groups is 1. The minimum atomic E-state index is -1.13. The summed E-state index contributed by atoms with van der Waals surface area (Å²) in [4.78, 5) is 49.3. The van der Waals surface area contributed by atoms with Gasteiger partial charge in [0.1, 0.15) is 19.6 Å². The lowest BCUT2D eigenvalue weighted by atomic mass is 10.2. The molecule has 0 atom stereocenters. The third kappa shape index (κ3) is 3.94. The number of aliphatic carboxylic acids is 1. The summed E-state index contributed by atoms with van der Waals surface area (Å²) in [6, 6.07) is -0.539. The van der Waals surface area contributed by atoms with E-state index in [1.54, 1.807) is 0 Å². The highest BCUT2D eigenvalue weighted by molar-refractivity contribution is 6.04. The van der Waals surface area contributed by atoms with Crippen LogP contribution in [0.4, 0.5) is 4.79 Å². The number of hydrogen-bond donors (Lipinski definition) is 1. The van der Waals surface area contributed by atoms with Crippen LogP contribution in [-0.4, -0.2) is 76.8 Å². The maximum absolute atomic E-state index is 12.1. The van der Waals surface area contributed by atoms with Crippen molar-refractivity contribution in [1.29, 1.82) is 0 Å². The van der Waals surface area contributed by atoms with Crippen molar-refractivity contribution in [1.82, 2.24) is 14.7 Å². The second-order valence-electron chi connectivity index (χ2n) is 5.18. The van der Waals surface area contributed by atoms with Crippen LogP contribution >= 0.6 is 0 Å².